The molecule has 136 valence electrons. The molecular weight excluding hydrogens is 334 g/mol. The van der Waals surface area contributed by atoms with Crippen LogP contribution in [0.3, 0.4) is 0 Å². The molecule has 1 aromatic carbocycles. The number of benzene rings is 1. The summed E-state index contributed by atoms with van der Waals surface area (Å²) in [6, 6.07) is 4.05. The Morgan fingerprint density at radius 3 is 2.29 bits per heavy atom. The number of nitro groups is 1. The highest BCUT2D eigenvalue weighted by Crippen LogP contribution is 2.27. The zero-order valence-corrected chi connectivity index (χ0v) is 15.5. The fourth-order valence-corrected chi connectivity index (χ4v) is 3.70. The van der Waals surface area contributed by atoms with Gasteiger partial charge in [0.25, 0.3) is 5.69 Å². The fourth-order valence-electron chi connectivity index (χ4n) is 2.49. The Bertz CT molecular complexity index is 666. The van der Waals surface area contributed by atoms with E-state index in [1.807, 2.05) is 27.7 Å². The number of nitrogens with one attached hydrogen (secondary N) is 1. The Labute approximate surface area is 143 Å². The number of rotatable bonds is 9. The largest absolute Gasteiger partial charge is 0.495 e. The van der Waals surface area contributed by atoms with Crippen molar-refractivity contribution in [2.75, 3.05) is 20.2 Å². The number of methoxy groups -OCH3 is 1. The number of hydrogen-bond acceptors (Lipinski definition) is 6. The summed E-state index contributed by atoms with van der Waals surface area (Å²) >= 11 is 0. The van der Waals surface area contributed by atoms with Crippen molar-refractivity contribution in [2.24, 2.45) is 0 Å². The molecule has 0 saturated carbocycles. The molecule has 0 bridgehead atoms. The number of sulfonamides is 1. The maximum Gasteiger partial charge on any atom is 0.271 e. The van der Waals surface area contributed by atoms with Gasteiger partial charge in [0.1, 0.15) is 10.6 Å². The van der Waals surface area contributed by atoms with Crippen molar-refractivity contribution in [1.29, 1.82) is 0 Å². The molecule has 1 aromatic rings. The third kappa shape index (κ3) is 5.15. The van der Waals surface area contributed by atoms with Crippen molar-refractivity contribution in [2.45, 2.75) is 44.7 Å². The first kappa shape index (κ1) is 20.3. The lowest BCUT2D eigenvalue weighted by Gasteiger charge is -2.30. The number of ether oxygens (including phenoxy) is 1. The minimum atomic E-state index is -3.91. The molecule has 0 saturated heterocycles. The molecule has 0 radical (unpaired) electrons. The van der Waals surface area contributed by atoms with E-state index in [-0.39, 0.29) is 35.0 Å². The zero-order chi connectivity index (χ0) is 18.5. The van der Waals surface area contributed by atoms with Crippen molar-refractivity contribution < 1.29 is 18.1 Å². The molecule has 0 aliphatic carbocycles. The molecule has 0 aliphatic rings. The summed E-state index contributed by atoms with van der Waals surface area (Å²) in [5.74, 6) is 0.0673. The molecule has 0 heterocycles. The first-order valence-corrected chi connectivity index (χ1v) is 9.16. The summed E-state index contributed by atoms with van der Waals surface area (Å²) in [4.78, 5) is 12.1. The van der Waals surface area contributed by atoms with Gasteiger partial charge < -0.3 is 4.74 Å². The van der Waals surface area contributed by atoms with Crippen LogP contribution >= 0.6 is 0 Å². The van der Waals surface area contributed by atoms with Crippen LogP contribution in [0.5, 0.6) is 5.75 Å². The second kappa shape index (κ2) is 8.41. The predicted molar refractivity (Wildman–Crippen MR) is 91.8 cm³/mol. The summed E-state index contributed by atoms with van der Waals surface area (Å²) in [6.07, 6.45) is 0. The van der Waals surface area contributed by atoms with Gasteiger partial charge >= 0.3 is 0 Å². The van der Waals surface area contributed by atoms with Gasteiger partial charge in [-0.15, -0.1) is 0 Å². The van der Waals surface area contributed by atoms with Crippen LogP contribution in [0, 0.1) is 10.1 Å². The van der Waals surface area contributed by atoms with Gasteiger partial charge in [-0.3, -0.25) is 15.0 Å². The van der Waals surface area contributed by atoms with Gasteiger partial charge in [0.05, 0.1) is 12.0 Å². The Morgan fingerprint density at radius 2 is 1.83 bits per heavy atom. The lowest BCUT2D eigenvalue weighted by molar-refractivity contribution is -0.385. The van der Waals surface area contributed by atoms with Gasteiger partial charge in [-0.1, -0.05) is 0 Å². The molecule has 0 fully saturated rings. The molecule has 0 unspecified atom stereocenters. The van der Waals surface area contributed by atoms with Gasteiger partial charge in [-0.05, 0) is 33.8 Å². The Morgan fingerprint density at radius 1 is 1.25 bits per heavy atom. The van der Waals surface area contributed by atoms with E-state index in [1.165, 1.54) is 19.2 Å². The van der Waals surface area contributed by atoms with E-state index in [4.69, 9.17) is 4.74 Å². The van der Waals surface area contributed by atoms with Crippen LogP contribution in [0.15, 0.2) is 23.1 Å². The fraction of sp³-hybridized carbons (Fsp3) is 0.600. The lowest BCUT2D eigenvalue weighted by atomic mass is 10.2. The quantitative estimate of drug-likeness (QED) is 0.534. The zero-order valence-electron chi connectivity index (χ0n) is 14.6. The van der Waals surface area contributed by atoms with E-state index in [0.717, 1.165) is 6.07 Å². The van der Waals surface area contributed by atoms with Crippen molar-refractivity contribution in [3.05, 3.63) is 28.3 Å². The predicted octanol–water partition coefficient (Wildman–Crippen LogP) is 2.00. The number of non-ortho nitro benzene ring substituents is 1. The SMILES string of the molecule is COc1ccc([N+](=O)[O-])cc1S(=O)(=O)NCCN(C(C)C)C(C)C. The standard InChI is InChI=1S/C15H25N3O5S/c1-11(2)17(12(3)4)9-8-16-24(21,22)15-10-13(18(19)20)6-7-14(15)23-5/h6-7,10-12,16H,8-9H2,1-5H3. The van der Waals surface area contributed by atoms with Crippen LogP contribution in [-0.4, -0.2) is 50.5 Å². The van der Waals surface area contributed by atoms with E-state index in [1.54, 1.807) is 0 Å². The monoisotopic (exact) mass is 359 g/mol. The first-order chi connectivity index (χ1) is 11.1. The molecule has 8 nitrogen and oxygen atoms in total. The normalized spacial score (nSPS) is 12.2. The van der Waals surface area contributed by atoms with Crippen LogP contribution in [0.25, 0.3) is 0 Å². The molecule has 9 heteroatoms. The second-order valence-electron chi connectivity index (χ2n) is 5.92. The Balaban J connectivity index is 2.96. The second-order valence-corrected chi connectivity index (χ2v) is 7.65. The smallest absolute Gasteiger partial charge is 0.271 e. The molecule has 0 aromatic heterocycles. The molecule has 1 N–H and O–H groups in total. The van der Waals surface area contributed by atoms with Crippen LogP contribution in [-0.2, 0) is 10.0 Å². The highest BCUT2D eigenvalue weighted by molar-refractivity contribution is 7.89. The Hall–Kier alpha value is -1.71. The summed E-state index contributed by atoms with van der Waals surface area (Å²) in [5, 5.41) is 10.9. The Kier molecular flexibility index (Phi) is 7.12. The summed E-state index contributed by atoms with van der Waals surface area (Å²) in [7, 11) is -2.59. The van der Waals surface area contributed by atoms with Crippen molar-refractivity contribution >= 4 is 15.7 Å². The van der Waals surface area contributed by atoms with Crippen molar-refractivity contribution in [3.63, 3.8) is 0 Å². The van der Waals surface area contributed by atoms with Gasteiger partial charge in [-0.2, -0.15) is 0 Å². The van der Waals surface area contributed by atoms with Crippen LogP contribution in [0.4, 0.5) is 5.69 Å². The third-order valence-electron chi connectivity index (χ3n) is 3.64. The highest BCUT2D eigenvalue weighted by Gasteiger charge is 2.23. The number of nitro benzene ring substituents is 1. The summed E-state index contributed by atoms with van der Waals surface area (Å²) < 4.78 is 32.5. The van der Waals surface area contributed by atoms with Crippen molar-refractivity contribution in [3.8, 4) is 5.75 Å². The van der Waals surface area contributed by atoms with Crippen LogP contribution in [0.1, 0.15) is 27.7 Å². The molecular formula is C15H25N3O5S. The first-order valence-electron chi connectivity index (χ1n) is 7.68. The summed E-state index contributed by atoms with van der Waals surface area (Å²) in [5.41, 5.74) is -0.304. The average Bonchev–Trinajstić information content (AvgIpc) is 2.49. The van der Waals surface area contributed by atoms with Gasteiger partial charge in [0, 0.05) is 37.3 Å². The molecule has 0 amide bonds. The van der Waals surface area contributed by atoms with Crippen LogP contribution < -0.4 is 9.46 Å². The van der Waals surface area contributed by atoms with E-state index in [0.29, 0.717) is 6.54 Å². The van der Waals surface area contributed by atoms with E-state index < -0.39 is 14.9 Å². The molecule has 1 rings (SSSR count). The average molecular weight is 359 g/mol. The van der Waals surface area contributed by atoms with E-state index in [2.05, 4.69) is 9.62 Å². The maximum absolute atomic E-state index is 12.5. The molecule has 0 atom stereocenters. The van der Waals surface area contributed by atoms with E-state index in [9.17, 15) is 18.5 Å². The summed E-state index contributed by atoms with van der Waals surface area (Å²) in [6.45, 7) is 8.89. The minimum Gasteiger partial charge on any atom is -0.495 e. The third-order valence-corrected chi connectivity index (χ3v) is 5.12. The van der Waals surface area contributed by atoms with Gasteiger partial charge in [-0.25, -0.2) is 13.1 Å². The van der Waals surface area contributed by atoms with Crippen molar-refractivity contribution in [1.82, 2.24) is 9.62 Å². The highest BCUT2D eigenvalue weighted by atomic mass is 32.2. The maximum atomic E-state index is 12.5. The lowest BCUT2D eigenvalue weighted by Crippen LogP contribution is -2.42. The van der Waals surface area contributed by atoms with Gasteiger partial charge in [0.15, 0.2) is 0 Å². The minimum absolute atomic E-state index is 0.0673. The van der Waals surface area contributed by atoms with Gasteiger partial charge in [0.2, 0.25) is 10.0 Å². The number of nitrogens with zero attached hydrogens (tertiary/aromatic N) is 2. The van der Waals surface area contributed by atoms with Crippen LogP contribution in [0.2, 0.25) is 0 Å². The molecule has 24 heavy (non-hydrogen) atoms. The molecule has 0 spiro atoms. The topological polar surface area (TPSA) is 102 Å². The molecule has 0 aliphatic heterocycles. The van der Waals surface area contributed by atoms with E-state index >= 15 is 0 Å². The number of hydrogen-bond donors (Lipinski definition) is 1.